The number of aliphatic hydroxyl groups is 1. The maximum Gasteiger partial charge on any atom is 0.272 e. The van der Waals surface area contributed by atoms with Gasteiger partial charge in [-0.05, 0) is 25.3 Å². The fraction of sp³-hybridized carbons (Fsp3) is 0.455. The van der Waals surface area contributed by atoms with E-state index in [-0.39, 0.29) is 10.6 Å². The van der Waals surface area contributed by atoms with Crippen LogP contribution in [0.5, 0.6) is 0 Å². The summed E-state index contributed by atoms with van der Waals surface area (Å²) in [5, 5.41) is 20.4. The fourth-order valence-corrected chi connectivity index (χ4v) is 1.66. The maximum atomic E-state index is 10.7. The molecule has 0 spiro atoms. The first-order valence-corrected chi connectivity index (χ1v) is 4.96. The Morgan fingerprint density at radius 1 is 1.53 bits per heavy atom. The molecule has 1 N–H and O–H groups in total. The van der Waals surface area contributed by atoms with Crippen LogP contribution >= 0.6 is 0 Å². The Hall–Kier alpha value is -1.42. The van der Waals surface area contributed by atoms with E-state index in [0.717, 1.165) is 18.4 Å². The Labute approximate surface area is 87.7 Å². The molecule has 0 heterocycles. The molecule has 4 heteroatoms. The molecule has 0 radical (unpaired) electrons. The van der Waals surface area contributed by atoms with Crippen molar-refractivity contribution in [1.29, 1.82) is 0 Å². The normalized spacial score (nSPS) is 17.5. The van der Waals surface area contributed by atoms with Crippen molar-refractivity contribution in [2.75, 3.05) is 0 Å². The number of nitro groups is 1. The van der Waals surface area contributed by atoms with Gasteiger partial charge in [-0.1, -0.05) is 12.1 Å². The van der Waals surface area contributed by atoms with Gasteiger partial charge in [-0.15, -0.1) is 0 Å². The topological polar surface area (TPSA) is 63.4 Å². The number of nitro benzene ring substituents is 1. The van der Waals surface area contributed by atoms with Gasteiger partial charge in [0.25, 0.3) is 5.69 Å². The minimum Gasteiger partial charge on any atom is -0.390 e. The van der Waals surface area contributed by atoms with Gasteiger partial charge >= 0.3 is 0 Å². The zero-order valence-electron chi connectivity index (χ0n) is 8.56. The van der Waals surface area contributed by atoms with Gasteiger partial charge < -0.3 is 5.11 Å². The van der Waals surface area contributed by atoms with E-state index < -0.39 is 5.60 Å². The molecular formula is C11H13NO3. The summed E-state index contributed by atoms with van der Waals surface area (Å²) in [7, 11) is 0. The van der Waals surface area contributed by atoms with E-state index in [9.17, 15) is 15.2 Å². The van der Waals surface area contributed by atoms with Crippen molar-refractivity contribution >= 4 is 5.69 Å². The highest BCUT2D eigenvalue weighted by Gasteiger charge is 2.40. The molecule has 1 aromatic rings. The smallest absolute Gasteiger partial charge is 0.272 e. The standard InChI is InChI=1S/C11H13NO3/c1-8-2-3-9(6-10(8)12(14)15)7-11(13)4-5-11/h2-3,6,13H,4-5,7H2,1H3. The van der Waals surface area contributed by atoms with E-state index in [1.807, 2.05) is 6.07 Å². The number of benzene rings is 1. The van der Waals surface area contributed by atoms with Crippen LogP contribution in [0, 0.1) is 17.0 Å². The monoisotopic (exact) mass is 207 g/mol. The Bertz CT molecular complexity index is 410. The van der Waals surface area contributed by atoms with Crippen LogP contribution in [0.1, 0.15) is 24.0 Å². The van der Waals surface area contributed by atoms with Gasteiger partial charge in [0.05, 0.1) is 10.5 Å². The third-order valence-corrected chi connectivity index (χ3v) is 2.83. The molecule has 1 fully saturated rings. The summed E-state index contributed by atoms with van der Waals surface area (Å²) in [6.07, 6.45) is 2.12. The number of aryl methyl sites for hydroxylation is 1. The van der Waals surface area contributed by atoms with Crippen LogP contribution < -0.4 is 0 Å². The van der Waals surface area contributed by atoms with Crippen LogP contribution in [0.3, 0.4) is 0 Å². The molecule has 4 nitrogen and oxygen atoms in total. The van der Waals surface area contributed by atoms with Crippen LogP contribution in [-0.2, 0) is 6.42 Å². The summed E-state index contributed by atoms with van der Waals surface area (Å²) in [6, 6.07) is 5.14. The molecule has 1 aliphatic carbocycles. The number of nitrogens with zero attached hydrogens (tertiary/aromatic N) is 1. The zero-order valence-corrected chi connectivity index (χ0v) is 8.56. The second kappa shape index (κ2) is 3.31. The molecule has 0 atom stereocenters. The van der Waals surface area contributed by atoms with E-state index >= 15 is 0 Å². The van der Waals surface area contributed by atoms with Crippen LogP contribution in [0.15, 0.2) is 18.2 Å². The molecule has 15 heavy (non-hydrogen) atoms. The summed E-state index contributed by atoms with van der Waals surface area (Å²) in [6.45, 7) is 1.72. The Balaban J connectivity index is 2.26. The second-order valence-corrected chi connectivity index (χ2v) is 4.28. The lowest BCUT2D eigenvalue weighted by Crippen LogP contribution is -2.10. The first-order chi connectivity index (χ1) is 7.00. The predicted molar refractivity (Wildman–Crippen MR) is 55.7 cm³/mol. The third-order valence-electron chi connectivity index (χ3n) is 2.83. The molecule has 1 aliphatic rings. The summed E-state index contributed by atoms with van der Waals surface area (Å²) >= 11 is 0. The van der Waals surface area contributed by atoms with E-state index in [0.29, 0.717) is 12.0 Å². The van der Waals surface area contributed by atoms with Gasteiger partial charge in [0, 0.05) is 18.1 Å². The zero-order chi connectivity index (χ0) is 11.1. The van der Waals surface area contributed by atoms with Gasteiger partial charge in [-0.3, -0.25) is 10.1 Å². The molecule has 0 bridgehead atoms. The van der Waals surface area contributed by atoms with Gasteiger partial charge in [0.2, 0.25) is 0 Å². The van der Waals surface area contributed by atoms with Crippen LogP contribution in [0.25, 0.3) is 0 Å². The molecule has 1 aromatic carbocycles. The first-order valence-electron chi connectivity index (χ1n) is 4.96. The van der Waals surface area contributed by atoms with Crippen molar-refractivity contribution in [3.8, 4) is 0 Å². The summed E-state index contributed by atoms with van der Waals surface area (Å²) < 4.78 is 0. The van der Waals surface area contributed by atoms with Crippen molar-refractivity contribution in [2.45, 2.75) is 31.8 Å². The molecule has 0 aromatic heterocycles. The molecule has 0 unspecified atom stereocenters. The van der Waals surface area contributed by atoms with Crippen molar-refractivity contribution in [1.82, 2.24) is 0 Å². The third kappa shape index (κ3) is 2.15. The summed E-state index contributed by atoms with van der Waals surface area (Å²) in [5.41, 5.74) is 1.04. The van der Waals surface area contributed by atoms with E-state index in [1.165, 1.54) is 0 Å². The highest BCUT2D eigenvalue weighted by atomic mass is 16.6. The molecule has 80 valence electrons. The van der Waals surface area contributed by atoms with Crippen molar-refractivity contribution in [3.63, 3.8) is 0 Å². The lowest BCUT2D eigenvalue weighted by molar-refractivity contribution is -0.385. The van der Waals surface area contributed by atoms with Gasteiger partial charge in [0.15, 0.2) is 0 Å². The average molecular weight is 207 g/mol. The second-order valence-electron chi connectivity index (χ2n) is 4.28. The molecule has 1 saturated carbocycles. The Kier molecular flexibility index (Phi) is 2.23. The predicted octanol–water partition coefficient (Wildman–Crippen LogP) is 1.97. The molecule has 2 rings (SSSR count). The van der Waals surface area contributed by atoms with Crippen molar-refractivity contribution < 1.29 is 10.0 Å². The van der Waals surface area contributed by atoms with Gasteiger partial charge in [-0.25, -0.2) is 0 Å². The molecule has 0 saturated heterocycles. The van der Waals surface area contributed by atoms with Crippen LogP contribution in [0.4, 0.5) is 5.69 Å². The van der Waals surface area contributed by atoms with Crippen molar-refractivity contribution in [3.05, 3.63) is 39.4 Å². The number of hydrogen-bond acceptors (Lipinski definition) is 3. The largest absolute Gasteiger partial charge is 0.390 e. The number of rotatable bonds is 3. The number of hydrogen-bond donors (Lipinski definition) is 1. The van der Waals surface area contributed by atoms with Crippen LogP contribution in [0.2, 0.25) is 0 Å². The SMILES string of the molecule is Cc1ccc(CC2(O)CC2)cc1[N+](=O)[O-]. The Morgan fingerprint density at radius 3 is 2.73 bits per heavy atom. The lowest BCUT2D eigenvalue weighted by atomic mass is 10.0. The van der Waals surface area contributed by atoms with E-state index in [4.69, 9.17) is 0 Å². The minimum atomic E-state index is -0.594. The van der Waals surface area contributed by atoms with Gasteiger partial charge in [0.1, 0.15) is 0 Å². The summed E-state index contributed by atoms with van der Waals surface area (Å²) in [5.74, 6) is 0. The van der Waals surface area contributed by atoms with Crippen LogP contribution in [-0.4, -0.2) is 15.6 Å². The highest BCUT2D eigenvalue weighted by Crippen LogP contribution is 2.38. The van der Waals surface area contributed by atoms with E-state index in [2.05, 4.69) is 0 Å². The minimum absolute atomic E-state index is 0.136. The molecule has 0 aliphatic heterocycles. The highest BCUT2D eigenvalue weighted by molar-refractivity contribution is 5.43. The first kappa shape index (κ1) is 10.1. The molecule has 0 amide bonds. The van der Waals surface area contributed by atoms with Crippen molar-refractivity contribution in [2.24, 2.45) is 0 Å². The lowest BCUT2D eigenvalue weighted by Gasteiger charge is -2.07. The molecular weight excluding hydrogens is 194 g/mol. The van der Waals surface area contributed by atoms with E-state index in [1.54, 1.807) is 19.1 Å². The average Bonchev–Trinajstić information content (AvgIpc) is 2.87. The summed E-state index contributed by atoms with van der Waals surface area (Å²) in [4.78, 5) is 10.3. The fourth-order valence-electron chi connectivity index (χ4n) is 1.66. The van der Waals surface area contributed by atoms with Gasteiger partial charge in [-0.2, -0.15) is 0 Å². The Morgan fingerprint density at radius 2 is 2.20 bits per heavy atom. The quantitative estimate of drug-likeness (QED) is 0.608. The maximum absolute atomic E-state index is 10.7.